The second kappa shape index (κ2) is 5.32. The number of ether oxygens (including phenoxy) is 1. The lowest BCUT2D eigenvalue weighted by molar-refractivity contribution is 0.0483. The van der Waals surface area contributed by atoms with Crippen LogP contribution in [0.15, 0.2) is 0 Å². The van der Waals surface area contributed by atoms with Crippen LogP contribution >= 0.6 is 0 Å². The van der Waals surface area contributed by atoms with Crippen LogP contribution in [-0.4, -0.2) is 17.3 Å². The highest BCUT2D eigenvalue weighted by Gasteiger charge is 2.30. The van der Waals surface area contributed by atoms with Crippen molar-refractivity contribution in [2.75, 3.05) is 0 Å². The summed E-state index contributed by atoms with van der Waals surface area (Å²) in [6.07, 6.45) is 0.103. The van der Waals surface area contributed by atoms with Gasteiger partial charge in [0.05, 0.1) is 6.10 Å². The van der Waals surface area contributed by atoms with Crippen LogP contribution in [0, 0.1) is 29.1 Å². The molecule has 0 saturated heterocycles. The summed E-state index contributed by atoms with van der Waals surface area (Å²) in [5.74, 6) is -11.6. The maximum absolute atomic E-state index is 13.3. The van der Waals surface area contributed by atoms with Crippen molar-refractivity contribution in [3.8, 4) is 5.75 Å². The molecule has 1 aliphatic rings. The monoisotopic (exact) mass is 282 g/mol. The molecule has 1 aromatic rings. The number of aliphatic hydroxyl groups is 1. The normalized spacial score (nSPS) is 23.5. The first-order chi connectivity index (χ1) is 8.91. The van der Waals surface area contributed by atoms with Gasteiger partial charge < -0.3 is 9.84 Å². The lowest BCUT2D eigenvalue weighted by atomic mass is 9.95. The molecular weight excluding hydrogens is 271 g/mol. The fraction of sp³-hybridized carbons (Fsp3) is 0.500. The molecule has 0 heterocycles. The number of halogens is 5. The molecule has 0 bridgehead atoms. The number of rotatable bonds is 2. The summed E-state index contributed by atoms with van der Waals surface area (Å²) in [6, 6.07) is 0. The Balaban J connectivity index is 2.30. The van der Waals surface area contributed by atoms with Crippen LogP contribution in [0.2, 0.25) is 0 Å². The molecule has 1 fully saturated rings. The minimum Gasteiger partial charge on any atom is -0.484 e. The maximum Gasteiger partial charge on any atom is 0.207 e. The summed E-state index contributed by atoms with van der Waals surface area (Å²) in [7, 11) is 0. The summed E-state index contributed by atoms with van der Waals surface area (Å²) in [5.41, 5.74) is 0. The van der Waals surface area contributed by atoms with Crippen LogP contribution in [-0.2, 0) is 0 Å². The number of hydrogen-bond donors (Lipinski definition) is 1. The average Bonchev–Trinajstić information content (AvgIpc) is 2.39. The van der Waals surface area contributed by atoms with E-state index >= 15 is 0 Å². The van der Waals surface area contributed by atoms with Crippen molar-refractivity contribution in [3.63, 3.8) is 0 Å². The molecule has 2 atom stereocenters. The topological polar surface area (TPSA) is 29.5 Å². The first kappa shape index (κ1) is 14.0. The van der Waals surface area contributed by atoms with E-state index in [2.05, 4.69) is 0 Å². The van der Waals surface area contributed by atoms with Gasteiger partial charge >= 0.3 is 0 Å². The minimum absolute atomic E-state index is 0.0967. The molecule has 1 aromatic carbocycles. The lowest BCUT2D eigenvalue weighted by Crippen LogP contribution is -2.29. The molecule has 106 valence electrons. The predicted molar refractivity (Wildman–Crippen MR) is 55.1 cm³/mol. The van der Waals surface area contributed by atoms with E-state index in [0.29, 0.717) is 19.3 Å². The van der Waals surface area contributed by atoms with Crippen molar-refractivity contribution >= 4 is 0 Å². The van der Waals surface area contributed by atoms with Gasteiger partial charge in [0.2, 0.25) is 29.1 Å². The van der Waals surface area contributed by atoms with Crippen LogP contribution < -0.4 is 4.74 Å². The highest BCUT2D eigenvalue weighted by molar-refractivity contribution is 5.30. The van der Waals surface area contributed by atoms with Crippen LogP contribution in [0.5, 0.6) is 5.75 Å². The summed E-state index contributed by atoms with van der Waals surface area (Å²) in [5, 5.41) is 9.37. The molecule has 19 heavy (non-hydrogen) atoms. The van der Waals surface area contributed by atoms with Crippen molar-refractivity contribution in [1.29, 1.82) is 0 Å². The fourth-order valence-corrected chi connectivity index (χ4v) is 2.08. The Hall–Kier alpha value is -1.37. The van der Waals surface area contributed by atoms with E-state index < -0.39 is 47.0 Å². The highest BCUT2D eigenvalue weighted by atomic mass is 19.2. The third-order valence-electron chi connectivity index (χ3n) is 3.05. The Morgan fingerprint density at radius 3 is 1.89 bits per heavy atom. The third kappa shape index (κ3) is 2.65. The van der Waals surface area contributed by atoms with Crippen molar-refractivity contribution in [3.05, 3.63) is 29.1 Å². The molecule has 1 aliphatic carbocycles. The molecule has 0 amide bonds. The lowest BCUT2D eigenvalue weighted by Gasteiger charge is -2.26. The summed E-state index contributed by atoms with van der Waals surface area (Å²) in [6.45, 7) is 0. The summed E-state index contributed by atoms with van der Waals surface area (Å²) in [4.78, 5) is 0. The van der Waals surface area contributed by atoms with Crippen molar-refractivity contribution < 1.29 is 31.8 Å². The second-order valence-electron chi connectivity index (χ2n) is 4.46. The van der Waals surface area contributed by atoms with Crippen LogP contribution in [0.4, 0.5) is 22.0 Å². The molecule has 7 heteroatoms. The van der Waals surface area contributed by atoms with Crippen LogP contribution in [0.3, 0.4) is 0 Å². The first-order valence-corrected chi connectivity index (χ1v) is 5.78. The van der Waals surface area contributed by atoms with Gasteiger partial charge in [-0.2, -0.15) is 8.78 Å². The van der Waals surface area contributed by atoms with Gasteiger partial charge in [0.15, 0.2) is 5.75 Å². The highest BCUT2D eigenvalue weighted by Crippen LogP contribution is 2.32. The number of aliphatic hydroxyl groups excluding tert-OH is 1. The standard InChI is InChI=1S/C12H11F5O2/c13-7-8(14)10(16)12(11(17)9(7)15)19-6-3-1-2-5(18)4-6/h5-6,18H,1-4H2. The fourth-order valence-electron chi connectivity index (χ4n) is 2.08. The van der Waals surface area contributed by atoms with Crippen molar-refractivity contribution in [2.24, 2.45) is 0 Å². The number of hydrogen-bond acceptors (Lipinski definition) is 2. The molecular formula is C12H11F5O2. The summed E-state index contributed by atoms with van der Waals surface area (Å²) >= 11 is 0. The Morgan fingerprint density at radius 2 is 1.37 bits per heavy atom. The molecule has 2 rings (SSSR count). The number of benzene rings is 1. The van der Waals surface area contributed by atoms with E-state index in [1.54, 1.807) is 0 Å². The molecule has 0 aliphatic heterocycles. The Labute approximate surface area is 105 Å². The van der Waals surface area contributed by atoms with Gasteiger partial charge in [-0.25, -0.2) is 13.2 Å². The van der Waals surface area contributed by atoms with Crippen LogP contribution in [0.1, 0.15) is 25.7 Å². The van der Waals surface area contributed by atoms with Gasteiger partial charge in [-0.3, -0.25) is 0 Å². The zero-order valence-electron chi connectivity index (χ0n) is 9.73. The van der Waals surface area contributed by atoms with Crippen molar-refractivity contribution in [1.82, 2.24) is 0 Å². The zero-order valence-corrected chi connectivity index (χ0v) is 9.73. The molecule has 0 spiro atoms. The molecule has 1 saturated carbocycles. The Morgan fingerprint density at radius 1 is 0.842 bits per heavy atom. The van der Waals surface area contributed by atoms with Gasteiger partial charge in [-0.15, -0.1) is 0 Å². The van der Waals surface area contributed by atoms with E-state index in [0.717, 1.165) is 0 Å². The summed E-state index contributed by atoms with van der Waals surface area (Å²) < 4.78 is 70.2. The van der Waals surface area contributed by atoms with Gasteiger partial charge in [0, 0.05) is 6.42 Å². The average molecular weight is 282 g/mol. The second-order valence-corrected chi connectivity index (χ2v) is 4.46. The van der Waals surface area contributed by atoms with Gasteiger partial charge in [0.25, 0.3) is 0 Å². The zero-order chi connectivity index (χ0) is 14.2. The Kier molecular flexibility index (Phi) is 3.93. The first-order valence-electron chi connectivity index (χ1n) is 5.78. The molecule has 2 unspecified atom stereocenters. The quantitative estimate of drug-likeness (QED) is 0.513. The smallest absolute Gasteiger partial charge is 0.207 e. The van der Waals surface area contributed by atoms with Gasteiger partial charge in [-0.1, -0.05) is 0 Å². The van der Waals surface area contributed by atoms with E-state index in [-0.39, 0.29) is 6.42 Å². The van der Waals surface area contributed by atoms with E-state index in [1.807, 2.05) is 0 Å². The molecule has 1 N–H and O–H groups in total. The van der Waals surface area contributed by atoms with Gasteiger partial charge in [0.1, 0.15) is 6.10 Å². The molecule has 0 radical (unpaired) electrons. The molecule has 2 nitrogen and oxygen atoms in total. The van der Waals surface area contributed by atoms with Gasteiger partial charge in [-0.05, 0) is 19.3 Å². The SMILES string of the molecule is OC1CCCC(Oc2c(F)c(F)c(F)c(F)c2F)C1. The predicted octanol–water partition coefficient (Wildman–Crippen LogP) is 3.06. The maximum atomic E-state index is 13.3. The van der Waals surface area contributed by atoms with E-state index in [1.165, 1.54) is 0 Å². The largest absolute Gasteiger partial charge is 0.484 e. The Bertz CT molecular complexity index is 462. The van der Waals surface area contributed by atoms with E-state index in [9.17, 15) is 27.1 Å². The van der Waals surface area contributed by atoms with E-state index in [4.69, 9.17) is 4.74 Å². The minimum atomic E-state index is -2.22. The van der Waals surface area contributed by atoms with Crippen molar-refractivity contribution in [2.45, 2.75) is 37.9 Å². The van der Waals surface area contributed by atoms with Crippen LogP contribution in [0.25, 0.3) is 0 Å². The molecule has 0 aromatic heterocycles. The third-order valence-corrected chi connectivity index (χ3v) is 3.05.